The Labute approximate surface area is 364 Å². The molecule has 0 fully saturated rings. The number of hydrogen-bond donors (Lipinski definition) is 3. The SMILES string of the molecule is CCC1=C(C)C2=NC1=Cc1c(C)c(C(=O)O)c3n1Cn1c(c(C)c(/C=C/c4ccc(OC)cc4)c1=C2)=CC1=NC(=C3CC(=O)N[C@@H](CC(=O)OC)C(=O)OC)[C@@H](CCC(=O)O)[C@@H]1C. The molecule has 0 aliphatic carbocycles. The Balaban J connectivity index is 1.57. The van der Waals surface area contributed by atoms with Crippen molar-refractivity contribution in [1.82, 2.24) is 14.5 Å². The van der Waals surface area contributed by atoms with Gasteiger partial charge in [-0.2, -0.15) is 0 Å². The van der Waals surface area contributed by atoms with Crippen LogP contribution in [0.1, 0.15) is 96.9 Å². The lowest BCUT2D eigenvalue weighted by Crippen LogP contribution is -2.43. The zero-order valence-corrected chi connectivity index (χ0v) is 36.6. The molecule has 1 amide bonds. The number of nitrogens with one attached hydrogen (secondary N) is 1. The summed E-state index contributed by atoms with van der Waals surface area (Å²) in [5, 5.41) is 25.3. The van der Waals surface area contributed by atoms with Gasteiger partial charge in [-0.05, 0) is 91.8 Å². The number of fused-ring (bicyclic) bond motifs is 2. The topological polar surface area (TPSA) is 200 Å². The Kier molecular flexibility index (Phi) is 12.4. The summed E-state index contributed by atoms with van der Waals surface area (Å²) in [5.74, 6) is -4.80. The molecule has 1 aromatic carbocycles. The van der Waals surface area contributed by atoms with Gasteiger partial charge in [0.05, 0.1) is 67.9 Å². The first-order valence-corrected chi connectivity index (χ1v) is 20.8. The average molecular weight is 858 g/mol. The fourth-order valence-corrected chi connectivity index (χ4v) is 9.13. The van der Waals surface area contributed by atoms with Crippen LogP contribution in [0.3, 0.4) is 0 Å². The average Bonchev–Trinajstić information content (AvgIpc) is 3.91. The van der Waals surface area contributed by atoms with Crippen molar-refractivity contribution in [2.24, 2.45) is 21.8 Å². The lowest BCUT2D eigenvalue weighted by atomic mass is 9.84. The first-order chi connectivity index (χ1) is 30.1. The van der Waals surface area contributed by atoms with Gasteiger partial charge in [0, 0.05) is 46.1 Å². The van der Waals surface area contributed by atoms with Crippen molar-refractivity contribution in [1.29, 1.82) is 0 Å². The highest BCUT2D eigenvalue weighted by Crippen LogP contribution is 2.44. The zero-order chi connectivity index (χ0) is 45.4. The fourth-order valence-electron chi connectivity index (χ4n) is 9.13. The Morgan fingerprint density at radius 2 is 1.63 bits per heavy atom. The molecule has 7 rings (SSSR count). The highest BCUT2D eigenvalue weighted by Gasteiger charge is 2.39. The molecule has 15 nitrogen and oxygen atoms in total. The molecular weight excluding hydrogens is 807 g/mol. The minimum Gasteiger partial charge on any atom is -0.497 e. The Morgan fingerprint density at radius 3 is 2.27 bits per heavy atom. The highest BCUT2D eigenvalue weighted by atomic mass is 16.5. The summed E-state index contributed by atoms with van der Waals surface area (Å²) in [6, 6.07) is 6.30. The molecule has 4 aliphatic heterocycles. The molecular formula is C48H51N5O10. The number of nitrogens with zero attached hydrogens (tertiary/aromatic N) is 4. The molecule has 63 heavy (non-hydrogen) atoms. The molecule has 4 aliphatic rings. The number of aliphatic imine (C=N–C) groups is 2. The molecule has 328 valence electrons. The quantitative estimate of drug-likeness (QED) is 0.179. The second-order valence-electron chi connectivity index (χ2n) is 16.1. The Bertz CT molecular complexity index is 2790. The number of carbonyl (C=O) groups is 5. The van der Waals surface area contributed by atoms with E-state index in [-0.39, 0.29) is 42.3 Å². The second kappa shape index (κ2) is 17.8. The van der Waals surface area contributed by atoms with Crippen molar-refractivity contribution in [3.63, 3.8) is 0 Å². The third kappa shape index (κ3) is 8.22. The lowest BCUT2D eigenvalue weighted by Gasteiger charge is -2.23. The van der Waals surface area contributed by atoms with Crippen molar-refractivity contribution in [3.05, 3.63) is 96.7 Å². The smallest absolute Gasteiger partial charge is 0.338 e. The fraction of sp³-hybridized carbons (Fsp3) is 0.354. The van der Waals surface area contributed by atoms with Gasteiger partial charge in [0.15, 0.2) is 0 Å². The van der Waals surface area contributed by atoms with Crippen molar-refractivity contribution >= 4 is 77.2 Å². The number of ether oxygens (including phenoxy) is 3. The van der Waals surface area contributed by atoms with Crippen LogP contribution in [0.15, 0.2) is 56.8 Å². The third-order valence-electron chi connectivity index (χ3n) is 12.5. The number of allylic oxidation sites excluding steroid dienone is 3. The Morgan fingerprint density at radius 1 is 0.905 bits per heavy atom. The number of carbonyl (C=O) groups excluding carboxylic acids is 3. The molecule has 6 bridgehead atoms. The number of aliphatic carboxylic acids is 1. The second-order valence-corrected chi connectivity index (χ2v) is 16.1. The van der Waals surface area contributed by atoms with E-state index in [1.165, 1.54) is 0 Å². The van der Waals surface area contributed by atoms with Gasteiger partial charge in [0.2, 0.25) is 5.91 Å². The molecule has 6 heterocycles. The minimum absolute atomic E-state index is 0.0650. The number of aromatic carboxylic acids is 1. The number of amides is 1. The third-order valence-corrected chi connectivity index (χ3v) is 12.5. The summed E-state index contributed by atoms with van der Waals surface area (Å²) in [4.78, 5) is 75.7. The maximum Gasteiger partial charge on any atom is 0.338 e. The number of rotatable bonds is 14. The van der Waals surface area contributed by atoms with Gasteiger partial charge < -0.3 is 38.9 Å². The van der Waals surface area contributed by atoms with E-state index in [4.69, 9.17) is 24.2 Å². The van der Waals surface area contributed by atoms with Crippen molar-refractivity contribution in [2.45, 2.75) is 79.4 Å². The van der Waals surface area contributed by atoms with Crippen LogP contribution in [0.2, 0.25) is 0 Å². The van der Waals surface area contributed by atoms with Gasteiger partial charge in [-0.1, -0.05) is 38.1 Å². The van der Waals surface area contributed by atoms with Gasteiger partial charge in [0.25, 0.3) is 0 Å². The monoisotopic (exact) mass is 857 g/mol. The number of benzene rings is 1. The van der Waals surface area contributed by atoms with Crippen molar-refractivity contribution in [2.75, 3.05) is 21.3 Å². The number of methoxy groups -OCH3 is 3. The van der Waals surface area contributed by atoms with Gasteiger partial charge in [0.1, 0.15) is 18.5 Å². The van der Waals surface area contributed by atoms with E-state index in [9.17, 15) is 34.2 Å². The van der Waals surface area contributed by atoms with E-state index in [1.54, 1.807) is 14.0 Å². The number of hydrogen-bond acceptors (Lipinski definition) is 10. The van der Waals surface area contributed by atoms with E-state index in [1.807, 2.05) is 74.8 Å². The van der Waals surface area contributed by atoms with Crippen LogP contribution in [0, 0.1) is 25.7 Å². The van der Waals surface area contributed by atoms with Crippen LogP contribution in [-0.4, -0.2) is 87.9 Å². The molecule has 3 atom stereocenters. The summed E-state index contributed by atoms with van der Waals surface area (Å²) >= 11 is 0. The Hall–Kier alpha value is -7.03. The number of esters is 2. The first kappa shape index (κ1) is 44.0. The van der Waals surface area contributed by atoms with Crippen LogP contribution < -0.4 is 20.8 Å². The van der Waals surface area contributed by atoms with Gasteiger partial charge in [-0.15, -0.1) is 0 Å². The molecule has 3 N–H and O–H groups in total. The van der Waals surface area contributed by atoms with Crippen molar-refractivity contribution < 1.29 is 48.4 Å². The van der Waals surface area contributed by atoms with Gasteiger partial charge in [-0.3, -0.25) is 19.4 Å². The number of carboxylic acids is 2. The molecule has 0 saturated carbocycles. The highest BCUT2D eigenvalue weighted by molar-refractivity contribution is 6.23. The van der Waals surface area contributed by atoms with Gasteiger partial charge in [-0.25, -0.2) is 14.6 Å². The summed E-state index contributed by atoms with van der Waals surface area (Å²) in [6.45, 7) is 9.90. The molecule has 2 aromatic heterocycles. The maximum absolute atomic E-state index is 14.3. The van der Waals surface area contributed by atoms with Crippen LogP contribution in [0.5, 0.6) is 5.75 Å². The molecule has 3 aromatic rings. The first-order valence-electron chi connectivity index (χ1n) is 20.8. The molecule has 0 radical (unpaired) electrons. The number of carboxylic acid groups (broad SMARTS) is 2. The largest absolute Gasteiger partial charge is 0.497 e. The predicted octanol–water partition coefficient (Wildman–Crippen LogP) is 5.29. The number of aromatic nitrogens is 2. The van der Waals surface area contributed by atoms with Crippen LogP contribution in [0.25, 0.3) is 36.0 Å². The standard InChI is InChI=1S/C48H51N5O10/c1-9-30-24(2)34-20-40-31(15-12-28-10-13-29(61-6)14-11-28)26(4)38-19-35-25(3)32(16-17-42(55)56)45(51-35)33(18-41(54)50-37(48(60)63-8)22-43(57)62-7)46-44(47(58)59)27(5)39(21-36(30)49-34)53(46)23-52(38)40/h10-15,19-21,25,32,37H,9,16-18,22-23H2,1-8H3,(H,50,54)(H,55,56)(H,58,59)/b15-12+,34-20?,35-19?,36-21?,38-19?,39-21?,40-20?,45-33?,46-33?/t25-,32-,37-/m0/s1. The summed E-state index contributed by atoms with van der Waals surface area (Å²) in [6.07, 6.45) is 9.64. The summed E-state index contributed by atoms with van der Waals surface area (Å²) in [5.41, 5.74) is 8.58. The predicted molar refractivity (Wildman–Crippen MR) is 238 cm³/mol. The molecule has 0 saturated heterocycles. The van der Waals surface area contributed by atoms with E-state index in [0.717, 1.165) is 64.2 Å². The van der Waals surface area contributed by atoms with Crippen LogP contribution in [0.4, 0.5) is 0 Å². The molecule has 15 heteroatoms. The van der Waals surface area contributed by atoms with Crippen LogP contribution in [-0.2, 0) is 35.3 Å². The maximum atomic E-state index is 14.3. The van der Waals surface area contributed by atoms with E-state index >= 15 is 0 Å². The van der Waals surface area contributed by atoms with E-state index < -0.39 is 54.6 Å². The van der Waals surface area contributed by atoms with E-state index in [2.05, 4.69) is 22.0 Å². The zero-order valence-electron chi connectivity index (χ0n) is 36.6. The summed E-state index contributed by atoms with van der Waals surface area (Å²) in [7, 11) is 3.91. The van der Waals surface area contributed by atoms with Crippen LogP contribution >= 0.6 is 0 Å². The molecule has 0 unspecified atom stereocenters. The van der Waals surface area contributed by atoms with Gasteiger partial charge >= 0.3 is 23.9 Å². The lowest BCUT2D eigenvalue weighted by molar-refractivity contribution is -0.150. The van der Waals surface area contributed by atoms with E-state index in [0.29, 0.717) is 34.8 Å². The minimum atomic E-state index is -1.41. The normalized spacial score (nSPS) is 17.9. The summed E-state index contributed by atoms with van der Waals surface area (Å²) < 4.78 is 19.1. The molecule has 0 spiro atoms. The van der Waals surface area contributed by atoms with Crippen molar-refractivity contribution in [3.8, 4) is 5.75 Å².